The van der Waals surface area contributed by atoms with Crippen molar-refractivity contribution >= 4 is 34.5 Å². The van der Waals surface area contributed by atoms with Crippen molar-refractivity contribution in [1.82, 2.24) is 4.90 Å². The van der Waals surface area contributed by atoms with Crippen molar-refractivity contribution < 1.29 is 9.72 Å². The normalized spacial score (nSPS) is 10.4. The topological polar surface area (TPSA) is 63.5 Å². The lowest BCUT2D eigenvalue weighted by Crippen LogP contribution is -2.25. The SMILES string of the molecule is Cc1ccc(C(=O)N(C)Cc2cc([N+](=O)[O-])ccc2Cl)s1. The highest BCUT2D eigenvalue weighted by Gasteiger charge is 2.17. The average molecular weight is 325 g/mol. The van der Waals surface area contributed by atoms with Crippen molar-refractivity contribution in [3.05, 3.63) is 60.8 Å². The summed E-state index contributed by atoms with van der Waals surface area (Å²) in [6.07, 6.45) is 0. The van der Waals surface area contributed by atoms with Gasteiger partial charge in [-0.15, -0.1) is 11.3 Å². The summed E-state index contributed by atoms with van der Waals surface area (Å²) in [5.41, 5.74) is 0.511. The van der Waals surface area contributed by atoms with Gasteiger partial charge in [-0.05, 0) is 30.7 Å². The third-order valence-electron chi connectivity index (χ3n) is 2.95. The standard InChI is InChI=1S/C14H13ClN2O3S/c1-9-3-6-13(21-9)14(18)16(2)8-10-7-11(17(19)20)4-5-12(10)15/h3-7H,8H2,1-2H3. The number of hydrogen-bond donors (Lipinski definition) is 0. The Morgan fingerprint density at radius 2 is 2.10 bits per heavy atom. The average Bonchev–Trinajstić information content (AvgIpc) is 2.86. The highest BCUT2D eigenvalue weighted by atomic mass is 35.5. The molecule has 5 nitrogen and oxygen atoms in total. The summed E-state index contributed by atoms with van der Waals surface area (Å²) >= 11 is 7.46. The van der Waals surface area contributed by atoms with Gasteiger partial charge >= 0.3 is 0 Å². The Bertz CT molecular complexity index is 699. The van der Waals surface area contributed by atoms with Crippen LogP contribution in [0.2, 0.25) is 5.02 Å². The fraction of sp³-hybridized carbons (Fsp3) is 0.214. The molecule has 0 aliphatic carbocycles. The lowest BCUT2D eigenvalue weighted by atomic mass is 10.2. The van der Waals surface area contributed by atoms with E-state index in [2.05, 4.69) is 0 Å². The molecule has 2 rings (SSSR count). The minimum absolute atomic E-state index is 0.0396. The molecule has 0 aliphatic heterocycles. The van der Waals surface area contributed by atoms with Crippen LogP contribution in [-0.4, -0.2) is 22.8 Å². The first-order valence-corrected chi connectivity index (χ1v) is 7.32. The molecule has 0 saturated carbocycles. The lowest BCUT2D eigenvalue weighted by Gasteiger charge is -2.17. The van der Waals surface area contributed by atoms with Crippen molar-refractivity contribution in [2.24, 2.45) is 0 Å². The van der Waals surface area contributed by atoms with Gasteiger partial charge in [-0.2, -0.15) is 0 Å². The number of nitrogens with zero attached hydrogens (tertiary/aromatic N) is 2. The van der Waals surface area contributed by atoms with Crippen molar-refractivity contribution in [2.45, 2.75) is 13.5 Å². The Kier molecular flexibility index (Phi) is 4.59. The second-order valence-electron chi connectivity index (χ2n) is 4.60. The Labute approximate surface area is 130 Å². The molecule has 1 amide bonds. The van der Waals surface area contributed by atoms with E-state index in [-0.39, 0.29) is 18.1 Å². The summed E-state index contributed by atoms with van der Waals surface area (Å²) in [7, 11) is 1.65. The minimum Gasteiger partial charge on any atom is -0.337 e. The molecule has 1 aromatic carbocycles. The Morgan fingerprint density at radius 3 is 2.67 bits per heavy atom. The van der Waals surface area contributed by atoms with Crippen LogP contribution in [0.1, 0.15) is 20.1 Å². The van der Waals surface area contributed by atoms with Crippen LogP contribution in [0.5, 0.6) is 0 Å². The molecule has 0 bridgehead atoms. The molecule has 21 heavy (non-hydrogen) atoms. The largest absolute Gasteiger partial charge is 0.337 e. The van der Waals surface area contributed by atoms with Crippen LogP contribution in [0.25, 0.3) is 0 Å². The number of amides is 1. The number of nitro benzene ring substituents is 1. The van der Waals surface area contributed by atoms with E-state index in [1.165, 1.54) is 34.4 Å². The number of carbonyl (C=O) groups excluding carboxylic acids is 1. The van der Waals surface area contributed by atoms with Gasteiger partial charge in [-0.25, -0.2) is 0 Å². The molecule has 0 aliphatic rings. The molecule has 0 unspecified atom stereocenters. The fourth-order valence-electron chi connectivity index (χ4n) is 1.86. The minimum atomic E-state index is -0.482. The van der Waals surface area contributed by atoms with Gasteiger partial charge in [0.1, 0.15) is 0 Å². The van der Waals surface area contributed by atoms with E-state index in [1.54, 1.807) is 13.1 Å². The van der Waals surface area contributed by atoms with Crippen LogP contribution in [0.4, 0.5) is 5.69 Å². The van der Waals surface area contributed by atoms with Crippen LogP contribution in [0.3, 0.4) is 0 Å². The zero-order valence-electron chi connectivity index (χ0n) is 11.5. The predicted octanol–water partition coefficient (Wildman–Crippen LogP) is 3.89. The molecular weight excluding hydrogens is 312 g/mol. The number of non-ortho nitro benzene ring substituents is 1. The summed E-state index contributed by atoms with van der Waals surface area (Å²) in [4.78, 5) is 25.7. The summed E-state index contributed by atoms with van der Waals surface area (Å²) in [5.74, 6) is -0.129. The Balaban J connectivity index is 2.19. The van der Waals surface area contributed by atoms with E-state index in [1.807, 2.05) is 13.0 Å². The summed E-state index contributed by atoms with van der Waals surface area (Å²) < 4.78 is 0. The predicted molar refractivity (Wildman–Crippen MR) is 83.0 cm³/mol. The van der Waals surface area contributed by atoms with Crippen LogP contribution < -0.4 is 0 Å². The monoisotopic (exact) mass is 324 g/mol. The first-order valence-electron chi connectivity index (χ1n) is 6.13. The maximum atomic E-state index is 12.3. The van der Waals surface area contributed by atoms with Crippen molar-refractivity contribution in [2.75, 3.05) is 7.05 Å². The highest BCUT2D eigenvalue weighted by Crippen LogP contribution is 2.24. The smallest absolute Gasteiger partial charge is 0.269 e. The number of carbonyl (C=O) groups is 1. The summed E-state index contributed by atoms with van der Waals surface area (Å²) in [6, 6.07) is 7.87. The fourth-order valence-corrected chi connectivity index (χ4v) is 2.90. The third-order valence-corrected chi connectivity index (χ3v) is 4.30. The van der Waals surface area contributed by atoms with E-state index >= 15 is 0 Å². The number of thiophene rings is 1. The van der Waals surface area contributed by atoms with Crippen molar-refractivity contribution in [3.63, 3.8) is 0 Å². The van der Waals surface area contributed by atoms with Gasteiger partial charge in [0.05, 0.1) is 9.80 Å². The van der Waals surface area contributed by atoms with Gasteiger partial charge in [0, 0.05) is 35.6 Å². The van der Waals surface area contributed by atoms with Gasteiger partial charge in [0.25, 0.3) is 11.6 Å². The molecule has 0 atom stereocenters. The molecule has 0 saturated heterocycles. The Morgan fingerprint density at radius 1 is 1.38 bits per heavy atom. The number of rotatable bonds is 4. The zero-order chi connectivity index (χ0) is 15.6. The number of hydrogen-bond acceptors (Lipinski definition) is 4. The van der Waals surface area contributed by atoms with Crippen LogP contribution >= 0.6 is 22.9 Å². The molecule has 0 fully saturated rings. The highest BCUT2D eigenvalue weighted by molar-refractivity contribution is 7.13. The van der Waals surface area contributed by atoms with E-state index in [0.717, 1.165) is 4.88 Å². The maximum Gasteiger partial charge on any atom is 0.269 e. The van der Waals surface area contributed by atoms with E-state index in [9.17, 15) is 14.9 Å². The van der Waals surface area contributed by atoms with Crippen molar-refractivity contribution in [3.8, 4) is 0 Å². The second-order valence-corrected chi connectivity index (χ2v) is 6.30. The number of benzene rings is 1. The third kappa shape index (κ3) is 3.59. The molecule has 110 valence electrons. The molecule has 0 radical (unpaired) electrons. The molecule has 0 spiro atoms. The quantitative estimate of drug-likeness (QED) is 0.633. The summed E-state index contributed by atoms with van der Waals surface area (Å²) in [6.45, 7) is 2.15. The molecule has 1 heterocycles. The Hall–Kier alpha value is -1.92. The maximum absolute atomic E-state index is 12.3. The van der Waals surface area contributed by atoms with Gasteiger partial charge in [-0.3, -0.25) is 14.9 Å². The number of halogens is 1. The van der Waals surface area contributed by atoms with E-state index < -0.39 is 4.92 Å². The van der Waals surface area contributed by atoms with E-state index in [4.69, 9.17) is 11.6 Å². The lowest BCUT2D eigenvalue weighted by molar-refractivity contribution is -0.384. The van der Waals surface area contributed by atoms with Crippen molar-refractivity contribution in [1.29, 1.82) is 0 Å². The van der Waals surface area contributed by atoms with Crippen LogP contribution in [0.15, 0.2) is 30.3 Å². The number of aryl methyl sites for hydroxylation is 1. The molecular formula is C14H13ClN2O3S. The van der Waals surface area contributed by atoms with Gasteiger partial charge in [-0.1, -0.05) is 11.6 Å². The first-order chi connectivity index (χ1) is 9.88. The van der Waals surface area contributed by atoms with Crippen LogP contribution in [-0.2, 0) is 6.54 Å². The van der Waals surface area contributed by atoms with Crippen LogP contribution in [0, 0.1) is 17.0 Å². The zero-order valence-corrected chi connectivity index (χ0v) is 13.1. The molecule has 2 aromatic rings. The first kappa shape index (κ1) is 15.5. The van der Waals surface area contributed by atoms with Gasteiger partial charge in [0.15, 0.2) is 0 Å². The molecule has 0 N–H and O–H groups in total. The van der Waals surface area contributed by atoms with E-state index in [0.29, 0.717) is 15.5 Å². The summed E-state index contributed by atoms with van der Waals surface area (Å²) in [5, 5.41) is 11.2. The van der Waals surface area contributed by atoms with Gasteiger partial charge in [0.2, 0.25) is 0 Å². The van der Waals surface area contributed by atoms with Gasteiger partial charge < -0.3 is 4.90 Å². The number of nitro groups is 1. The molecule has 7 heteroatoms. The second kappa shape index (κ2) is 6.24. The molecule has 1 aromatic heterocycles.